The van der Waals surface area contributed by atoms with Crippen LogP contribution in [0.3, 0.4) is 0 Å². The van der Waals surface area contributed by atoms with Gasteiger partial charge in [0.15, 0.2) is 11.5 Å². The molecular formula is C27H29N7O3. The van der Waals surface area contributed by atoms with Crippen molar-refractivity contribution in [3.63, 3.8) is 0 Å². The minimum absolute atomic E-state index is 0.115. The molecule has 3 heterocycles. The van der Waals surface area contributed by atoms with E-state index in [1.807, 2.05) is 60.8 Å². The summed E-state index contributed by atoms with van der Waals surface area (Å²) in [6, 6.07) is 17.2. The Balaban J connectivity index is 1.47. The average molecular weight is 500 g/mol. The fourth-order valence-corrected chi connectivity index (χ4v) is 4.33. The van der Waals surface area contributed by atoms with E-state index in [1.54, 1.807) is 14.2 Å². The van der Waals surface area contributed by atoms with Crippen molar-refractivity contribution in [3.8, 4) is 11.5 Å². The number of carbonyl (C=O) groups excluding carboxylic acids is 1. The molecule has 4 aromatic rings. The lowest BCUT2D eigenvalue weighted by Crippen LogP contribution is -2.47. The van der Waals surface area contributed by atoms with Gasteiger partial charge in [-0.05, 0) is 42.5 Å². The zero-order valence-electron chi connectivity index (χ0n) is 21.1. The van der Waals surface area contributed by atoms with Gasteiger partial charge in [0.05, 0.1) is 19.7 Å². The summed E-state index contributed by atoms with van der Waals surface area (Å²) < 4.78 is 11.1. The largest absolute Gasteiger partial charge is 0.493 e. The molecule has 2 N–H and O–H groups in total. The maximum atomic E-state index is 11.4. The smallest absolute Gasteiger partial charge is 0.228 e. The molecule has 190 valence electrons. The Morgan fingerprint density at radius 1 is 0.865 bits per heavy atom. The number of methoxy groups -OCH3 is 2. The second-order valence-electron chi connectivity index (χ2n) is 8.64. The maximum Gasteiger partial charge on any atom is 0.228 e. The second-order valence-corrected chi connectivity index (χ2v) is 8.64. The number of nitrogens with one attached hydrogen (secondary N) is 2. The predicted octanol–water partition coefficient (Wildman–Crippen LogP) is 4.07. The highest BCUT2D eigenvalue weighted by Gasteiger charge is 2.22. The van der Waals surface area contributed by atoms with Gasteiger partial charge in [-0.1, -0.05) is 6.07 Å². The number of benzene rings is 2. The van der Waals surface area contributed by atoms with E-state index in [1.165, 1.54) is 6.92 Å². The quantitative estimate of drug-likeness (QED) is 0.389. The number of hydrogen-bond acceptors (Lipinski definition) is 9. The molecule has 0 atom stereocenters. The Labute approximate surface area is 215 Å². The number of ether oxygens (including phenoxy) is 2. The van der Waals surface area contributed by atoms with Crippen molar-refractivity contribution in [2.24, 2.45) is 0 Å². The monoisotopic (exact) mass is 499 g/mol. The van der Waals surface area contributed by atoms with E-state index in [-0.39, 0.29) is 5.91 Å². The molecule has 0 spiro atoms. The number of hydrogen-bond donors (Lipinski definition) is 2. The molecule has 10 heteroatoms. The molecule has 1 amide bonds. The summed E-state index contributed by atoms with van der Waals surface area (Å²) in [6.07, 6.45) is 1.82. The number of rotatable bonds is 7. The summed E-state index contributed by atoms with van der Waals surface area (Å²) in [5.74, 6) is 3.35. The Morgan fingerprint density at radius 2 is 1.54 bits per heavy atom. The summed E-state index contributed by atoms with van der Waals surface area (Å²) in [5.41, 5.74) is 2.30. The minimum Gasteiger partial charge on any atom is -0.493 e. The number of aromatic nitrogens is 3. The highest BCUT2D eigenvalue weighted by molar-refractivity contribution is 5.94. The van der Waals surface area contributed by atoms with Crippen LogP contribution in [0.5, 0.6) is 11.5 Å². The van der Waals surface area contributed by atoms with Gasteiger partial charge < -0.3 is 29.9 Å². The Hall–Kier alpha value is -4.60. The lowest BCUT2D eigenvalue weighted by molar-refractivity contribution is -0.114. The molecular weight excluding hydrogens is 470 g/mol. The molecule has 0 aliphatic carbocycles. The van der Waals surface area contributed by atoms with Gasteiger partial charge in [-0.25, -0.2) is 9.97 Å². The zero-order chi connectivity index (χ0) is 25.8. The third-order valence-electron chi connectivity index (χ3n) is 6.19. The standard InChI is InChI=1S/C27H29N7O3/c1-18(35)29-19-7-9-20(10-8-19)30-26-21-16-23(36-2)24(37-3)17-22(21)31-27(32-26)34-14-12-33(13-15-34)25-6-4-5-11-28-25/h4-11,16-17H,12-15H2,1-3H3,(H,29,35)(H,30,31,32). The van der Waals surface area contributed by atoms with Crippen LogP contribution < -0.4 is 29.9 Å². The first kappa shape index (κ1) is 24.1. The van der Waals surface area contributed by atoms with Crippen LogP contribution in [0.2, 0.25) is 0 Å². The third-order valence-corrected chi connectivity index (χ3v) is 6.19. The minimum atomic E-state index is -0.115. The van der Waals surface area contributed by atoms with E-state index in [9.17, 15) is 4.79 Å². The number of carbonyl (C=O) groups is 1. The molecule has 2 aromatic carbocycles. The number of nitrogens with zero attached hydrogens (tertiary/aromatic N) is 5. The molecule has 37 heavy (non-hydrogen) atoms. The Kier molecular flexibility index (Phi) is 6.89. The topological polar surface area (TPSA) is 105 Å². The molecule has 10 nitrogen and oxygen atoms in total. The summed E-state index contributed by atoms with van der Waals surface area (Å²) in [7, 11) is 3.21. The third kappa shape index (κ3) is 5.32. The van der Waals surface area contributed by atoms with Gasteiger partial charge in [-0.2, -0.15) is 4.98 Å². The normalized spacial score (nSPS) is 13.4. The fraction of sp³-hybridized carbons (Fsp3) is 0.259. The molecule has 1 aliphatic rings. The number of fused-ring (bicyclic) bond motifs is 1. The highest BCUT2D eigenvalue weighted by Crippen LogP contribution is 2.36. The highest BCUT2D eigenvalue weighted by atomic mass is 16.5. The van der Waals surface area contributed by atoms with E-state index in [2.05, 4.69) is 25.4 Å². The van der Waals surface area contributed by atoms with Gasteiger partial charge in [0.2, 0.25) is 11.9 Å². The summed E-state index contributed by atoms with van der Waals surface area (Å²) in [6.45, 7) is 4.65. The van der Waals surface area contributed by atoms with Crippen LogP contribution in [0.15, 0.2) is 60.8 Å². The van der Waals surface area contributed by atoms with Crippen molar-refractivity contribution in [1.29, 1.82) is 0 Å². The molecule has 0 unspecified atom stereocenters. The molecule has 1 saturated heterocycles. The SMILES string of the molecule is COc1cc2nc(N3CCN(c4ccccn4)CC3)nc(Nc3ccc(NC(C)=O)cc3)c2cc1OC. The molecule has 2 aromatic heterocycles. The van der Waals surface area contributed by atoms with Gasteiger partial charge in [0, 0.05) is 62.1 Å². The van der Waals surface area contributed by atoms with Crippen LogP contribution in [-0.2, 0) is 4.79 Å². The van der Waals surface area contributed by atoms with Gasteiger partial charge in [-0.3, -0.25) is 4.79 Å². The first-order chi connectivity index (χ1) is 18.0. The van der Waals surface area contributed by atoms with Crippen molar-refractivity contribution in [3.05, 3.63) is 60.8 Å². The zero-order valence-corrected chi connectivity index (χ0v) is 21.1. The second kappa shape index (κ2) is 10.6. The summed E-state index contributed by atoms with van der Waals surface area (Å²) in [5, 5.41) is 7.01. The number of piperazine rings is 1. The van der Waals surface area contributed by atoms with Crippen LogP contribution in [0.25, 0.3) is 10.9 Å². The molecule has 0 bridgehead atoms. The number of anilines is 5. The molecule has 1 fully saturated rings. The molecule has 0 saturated carbocycles. The maximum absolute atomic E-state index is 11.4. The van der Waals surface area contributed by atoms with Gasteiger partial charge in [-0.15, -0.1) is 0 Å². The van der Waals surface area contributed by atoms with Gasteiger partial charge in [0.25, 0.3) is 0 Å². The van der Waals surface area contributed by atoms with E-state index < -0.39 is 0 Å². The van der Waals surface area contributed by atoms with Gasteiger partial charge in [0.1, 0.15) is 11.6 Å². The van der Waals surface area contributed by atoms with E-state index in [4.69, 9.17) is 19.4 Å². The van der Waals surface area contributed by atoms with E-state index in [0.29, 0.717) is 23.3 Å². The molecule has 0 radical (unpaired) electrons. The Morgan fingerprint density at radius 3 is 2.19 bits per heavy atom. The van der Waals surface area contributed by atoms with Crippen molar-refractivity contribution in [1.82, 2.24) is 15.0 Å². The van der Waals surface area contributed by atoms with Crippen LogP contribution in [-0.4, -0.2) is 61.3 Å². The molecule has 5 rings (SSSR count). The van der Waals surface area contributed by atoms with Crippen molar-refractivity contribution >= 4 is 45.8 Å². The first-order valence-corrected chi connectivity index (χ1v) is 12.0. The van der Waals surface area contributed by atoms with Crippen molar-refractivity contribution < 1.29 is 14.3 Å². The van der Waals surface area contributed by atoms with Crippen molar-refractivity contribution in [2.45, 2.75) is 6.92 Å². The van der Waals surface area contributed by atoms with E-state index >= 15 is 0 Å². The fourth-order valence-electron chi connectivity index (χ4n) is 4.33. The summed E-state index contributed by atoms with van der Waals surface area (Å²) in [4.78, 5) is 30.1. The van der Waals surface area contributed by atoms with Crippen LogP contribution >= 0.6 is 0 Å². The molecule has 1 aliphatic heterocycles. The van der Waals surface area contributed by atoms with E-state index in [0.717, 1.165) is 54.3 Å². The van der Waals surface area contributed by atoms with Crippen molar-refractivity contribution in [2.75, 3.05) is 60.8 Å². The lowest BCUT2D eigenvalue weighted by atomic mass is 10.2. The first-order valence-electron chi connectivity index (χ1n) is 12.0. The van der Waals surface area contributed by atoms with Crippen LogP contribution in [0, 0.1) is 0 Å². The lowest BCUT2D eigenvalue weighted by Gasteiger charge is -2.35. The average Bonchev–Trinajstić information content (AvgIpc) is 2.93. The number of amides is 1. The van der Waals surface area contributed by atoms with Gasteiger partial charge >= 0.3 is 0 Å². The predicted molar refractivity (Wildman–Crippen MR) is 145 cm³/mol. The summed E-state index contributed by atoms with van der Waals surface area (Å²) >= 11 is 0. The van der Waals surface area contributed by atoms with Crippen LogP contribution in [0.1, 0.15) is 6.92 Å². The number of pyridine rings is 1. The van der Waals surface area contributed by atoms with Crippen LogP contribution in [0.4, 0.5) is 29.0 Å². The Bertz CT molecular complexity index is 1390.